The van der Waals surface area contributed by atoms with E-state index in [0.29, 0.717) is 16.4 Å². The van der Waals surface area contributed by atoms with Crippen molar-refractivity contribution in [3.05, 3.63) is 69.2 Å². The average Bonchev–Trinajstić information content (AvgIpc) is 3.31. The maximum atomic E-state index is 10.8. The number of nitrogens with zero attached hydrogens (tertiary/aromatic N) is 5. The van der Waals surface area contributed by atoms with E-state index in [-0.39, 0.29) is 5.69 Å². The lowest BCUT2D eigenvalue weighted by Gasteiger charge is -1.93. The van der Waals surface area contributed by atoms with Crippen LogP contribution in [0, 0.1) is 10.1 Å². The van der Waals surface area contributed by atoms with Crippen molar-refractivity contribution in [2.45, 2.75) is 10.1 Å². The van der Waals surface area contributed by atoms with Crippen LogP contribution in [0.1, 0.15) is 10.6 Å². The van der Waals surface area contributed by atoms with Crippen LogP contribution in [-0.4, -0.2) is 26.3 Å². The molecule has 0 aliphatic carbocycles. The summed E-state index contributed by atoms with van der Waals surface area (Å²) in [5.74, 6) is 0.670. The molecule has 2 aromatic carbocycles. The van der Waals surface area contributed by atoms with Crippen LogP contribution in [0.2, 0.25) is 0 Å². The molecule has 0 bridgehead atoms. The smallest absolute Gasteiger partial charge is 0.258 e. The van der Waals surface area contributed by atoms with Crippen molar-refractivity contribution in [1.82, 2.24) is 15.2 Å². The first-order valence-corrected chi connectivity index (χ1v) is 10.4. The lowest BCUT2D eigenvalue weighted by atomic mass is 10.2. The van der Waals surface area contributed by atoms with Crippen LogP contribution in [-0.2, 0) is 5.75 Å². The second-order valence-electron chi connectivity index (χ2n) is 5.32. The Morgan fingerprint density at radius 3 is 2.89 bits per heavy atom. The molecule has 4 aromatic rings. The molecule has 0 saturated carbocycles. The molecule has 0 amide bonds. The molecule has 0 aliphatic rings. The molecule has 2 aromatic heterocycles. The summed E-state index contributed by atoms with van der Waals surface area (Å²) >= 11 is 4.67. The van der Waals surface area contributed by atoms with Gasteiger partial charge in [0.2, 0.25) is 5.13 Å². The molecule has 2 heterocycles. The van der Waals surface area contributed by atoms with Gasteiger partial charge < -0.3 is 0 Å². The number of rotatable bonds is 6. The van der Waals surface area contributed by atoms with E-state index in [1.807, 2.05) is 18.2 Å². The van der Waals surface area contributed by atoms with Gasteiger partial charge in [0.05, 0.1) is 20.9 Å². The number of non-ortho nitro benzene ring substituents is 1. The molecule has 0 spiro atoms. The summed E-state index contributed by atoms with van der Waals surface area (Å²) in [5.41, 5.74) is 1.68. The first kappa shape index (κ1) is 17.7. The fraction of sp³-hybridized carbons (Fsp3) is 0.0588. The van der Waals surface area contributed by atoms with Gasteiger partial charge in [-0.15, -0.1) is 21.5 Å². The van der Waals surface area contributed by atoms with Crippen molar-refractivity contribution >= 4 is 61.7 Å². The van der Waals surface area contributed by atoms with E-state index in [0.717, 1.165) is 14.9 Å². The van der Waals surface area contributed by atoms with Gasteiger partial charge in [0.1, 0.15) is 5.01 Å². The summed E-state index contributed by atoms with van der Waals surface area (Å²) in [6.45, 7) is 0. The van der Waals surface area contributed by atoms with Crippen LogP contribution >= 0.6 is 34.4 Å². The number of benzene rings is 2. The van der Waals surface area contributed by atoms with Crippen LogP contribution in [0.15, 0.2) is 57.9 Å². The quantitative estimate of drug-likeness (QED) is 0.189. The van der Waals surface area contributed by atoms with Gasteiger partial charge in [-0.3, -0.25) is 10.1 Å². The topological polar surface area (TPSA) is 94.2 Å². The standard InChI is InChI=1S/C17H11N5O2S3/c23-22(24)12-5-3-4-11(8-12)9-18-16-21-20-15(27-16)10-25-17-19-13-6-1-2-7-14(13)26-17/h1-9H,10H2/b18-9+. The molecule has 0 radical (unpaired) electrons. The van der Waals surface area contributed by atoms with Crippen molar-refractivity contribution in [3.63, 3.8) is 0 Å². The molecule has 0 atom stereocenters. The Morgan fingerprint density at radius 2 is 2.04 bits per heavy atom. The molecule has 10 heteroatoms. The van der Waals surface area contributed by atoms with Crippen molar-refractivity contribution in [3.8, 4) is 0 Å². The summed E-state index contributed by atoms with van der Waals surface area (Å²) in [6, 6.07) is 14.3. The number of hydrogen-bond acceptors (Lipinski definition) is 9. The van der Waals surface area contributed by atoms with Crippen molar-refractivity contribution < 1.29 is 4.92 Å². The Balaban J connectivity index is 1.41. The van der Waals surface area contributed by atoms with Crippen LogP contribution in [0.25, 0.3) is 10.2 Å². The van der Waals surface area contributed by atoms with E-state index in [1.54, 1.807) is 41.4 Å². The summed E-state index contributed by atoms with van der Waals surface area (Å²) in [4.78, 5) is 19.2. The molecule has 4 rings (SSSR count). The number of nitro benzene ring substituents is 1. The van der Waals surface area contributed by atoms with Gasteiger partial charge in [0.25, 0.3) is 5.69 Å². The predicted octanol–water partition coefficient (Wildman–Crippen LogP) is 5.10. The normalized spacial score (nSPS) is 11.4. The predicted molar refractivity (Wildman–Crippen MR) is 109 cm³/mol. The van der Waals surface area contributed by atoms with E-state index in [2.05, 4.69) is 26.2 Å². The number of nitro groups is 1. The maximum absolute atomic E-state index is 10.8. The minimum absolute atomic E-state index is 0.0316. The SMILES string of the molecule is O=[N+]([O-])c1cccc(/C=N/c2nnc(CSc3nc4ccccc4s3)s2)c1. The van der Waals surface area contributed by atoms with Crippen molar-refractivity contribution in [2.24, 2.45) is 4.99 Å². The Hall–Kier alpha value is -2.69. The van der Waals surface area contributed by atoms with Gasteiger partial charge in [0, 0.05) is 18.3 Å². The highest BCUT2D eigenvalue weighted by atomic mass is 32.2. The number of para-hydroxylation sites is 1. The Morgan fingerprint density at radius 1 is 1.15 bits per heavy atom. The zero-order chi connectivity index (χ0) is 18.6. The molecule has 0 saturated heterocycles. The molecule has 7 nitrogen and oxygen atoms in total. The van der Waals surface area contributed by atoms with Crippen LogP contribution < -0.4 is 0 Å². The fourth-order valence-electron chi connectivity index (χ4n) is 2.24. The highest BCUT2D eigenvalue weighted by molar-refractivity contribution is 8.00. The third-order valence-electron chi connectivity index (χ3n) is 3.45. The molecule has 0 aliphatic heterocycles. The zero-order valence-electron chi connectivity index (χ0n) is 13.7. The van der Waals surface area contributed by atoms with E-state index >= 15 is 0 Å². The Labute approximate surface area is 166 Å². The molecule has 0 unspecified atom stereocenters. The Kier molecular flexibility index (Phi) is 5.19. The minimum atomic E-state index is -0.431. The van der Waals surface area contributed by atoms with Crippen molar-refractivity contribution in [1.29, 1.82) is 0 Å². The van der Waals surface area contributed by atoms with E-state index in [4.69, 9.17) is 0 Å². The minimum Gasteiger partial charge on any atom is -0.258 e. The average molecular weight is 414 g/mol. The summed E-state index contributed by atoms with van der Waals surface area (Å²) in [5, 5.41) is 20.4. The van der Waals surface area contributed by atoms with Gasteiger partial charge in [-0.2, -0.15) is 0 Å². The molecular weight excluding hydrogens is 402 g/mol. The molecule has 0 N–H and O–H groups in total. The zero-order valence-corrected chi connectivity index (χ0v) is 16.1. The number of aliphatic imine (C=N–C) groups is 1. The number of thiazole rings is 1. The summed E-state index contributed by atoms with van der Waals surface area (Å²) < 4.78 is 2.16. The van der Waals surface area contributed by atoms with Gasteiger partial charge in [-0.1, -0.05) is 47.4 Å². The lowest BCUT2D eigenvalue weighted by molar-refractivity contribution is -0.384. The van der Waals surface area contributed by atoms with Gasteiger partial charge >= 0.3 is 0 Å². The van der Waals surface area contributed by atoms with Gasteiger partial charge in [-0.25, -0.2) is 9.98 Å². The van der Waals surface area contributed by atoms with E-state index in [9.17, 15) is 10.1 Å². The summed E-state index contributed by atoms with van der Waals surface area (Å²) in [6.07, 6.45) is 1.55. The highest BCUT2D eigenvalue weighted by Crippen LogP contribution is 2.32. The van der Waals surface area contributed by atoms with E-state index < -0.39 is 4.92 Å². The molecule has 27 heavy (non-hydrogen) atoms. The highest BCUT2D eigenvalue weighted by Gasteiger charge is 2.08. The molecular formula is C17H11N5O2S3. The molecule has 134 valence electrons. The van der Waals surface area contributed by atoms with Crippen LogP contribution in [0.4, 0.5) is 10.8 Å². The largest absolute Gasteiger partial charge is 0.270 e. The maximum Gasteiger partial charge on any atom is 0.270 e. The monoisotopic (exact) mass is 413 g/mol. The second-order valence-corrected chi connectivity index (χ2v) is 8.62. The Bertz CT molecular complexity index is 1110. The van der Waals surface area contributed by atoms with Gasteiger partial charge in [0.15, 0.2) is 4.34 Å². The molecule has 0 fully saturated rings. The summed E-state index contributed by atoms with van der Waals surface area (Å²) in [7, 11) is 0. The van der Waals surface area contributed by atoms with Crippen LogP contribution in [0.5, 0.6) is 0 Å². The number of hydrogen-bond donors (Lipinski definition) is 0. The second kappa shape index (κ2) is 7.91. The first-order chi connectivity index (χ1) is 13.2. The number of thioether (sulfide) groups is 1. The third-order valence-corrected chi connectivity index (χ3v) is 6.66. The van der Waals surface area contributed by atoms with Crippen LogP contribution in [0.3, 0.4) is 0 Å². The van der Waals surface area contributed by atoms with E-state index in [1.165, 1.54) is 28.2 Å². The van der Waals surface area contributed by atoms with Gasteiger partial charge in [-0.05, 0) is 17.7 Å². The number of fused-ring (bicyclic) bond motifs is 1. The third kappa shape index (κ3) is 4.35. The fourth-order valence-corrected chi connectivity index (χ4v) is 4.98. The first-order valence-electron chi connectivity index (χ1n) is 7.77. The number of aromatic nitrogens is 3. The van der Waals surface area contributed by atoms with Crippen molar-refractivity contribution in [2.75, 3.05) is 0 Å². The lowest BCUT2D eigenvalue weighted by Crippen LogP contribution is -1.89.